The van der Waals surface area contributed by atoms with Crippen LogP contribution in [0.5, 0.6) is 11.5 Å². The molecule has 0 aliphatic rings. The zero-order valence-corrected chi connectivity index (χ0v) is 22.8. The molecule has 0 spiro atoms. The van der Waals surface area contributed by atoms with Gasteiger partial charge in [0.2, 0.25) is 0 Å². The number of thiol groups is 4. The summed E-state index contributed by atoms with van der Waals surface area (Å²) in [5.41, 5.74) is 2.53. The molecule has 0 fully saturated rings. The average molecular weight is 513 g/mol. The van der Waals surface area contributed by atoms with Crippen molar-refractivity contribution >= 4 is 61.3 Å². The van der Waals surface area contributed by atoms with E-state index in [0.29, 0.717) is 0 Å². The molecule has 0 saturated carbocycles. The highest BCUT2D eigenvalue weighted by molar-refractivity contribution is 7.80. The Balaban J connectivity index is 2.34. The molecule has 0 aliphatic carbocycles. The smallest absolute Gasteiger partial charge is 0.130 e. The van der Waals surface area contributed by atoms with Crippen LogP contribution in [0.15, 0.2) is 24.3 Å². The van der Waals surface area contributed by atoms with Gasteiger partial charge in [-0.25, -0.2) is 0 Å². The van der Waals surface area contributed by atoms with E-state index in [4.69, 9.17) is 9.47 Å². The van der Waals surface area contributed by atoms with Crippen LogP contribution in [0, 0.1) is 0 Å². The van der Waals surface area contributed by atoms with Gasteiger partial charge in [0.15, 0.2) is 0 Å². The van der Waals surface area contributed by atoms with Gasteiger partial charge in [-0.1, -0.05) is 24.3 Å². The Morgan fingerprint density at radius 3 is 1.25 bits per heavy atom. The molecule has 180 valence electrons. The minimum Gasteiger partial charge on any atom is -0.493 e. The van der Waals surface area contributed by atoms with Gasteiger partial charge in [0.05, 0.1) is 13.2 Å². The van der Waals surface area contributed by atoms with Crippen LogP contribution in [0.25, 0.3) is 10.8 Å². The minimum atomic E-state index is 0.738. The zero-order chi connectivity index (χ0) is 23.0. The van der Waals surface area contributed by atoms with Gasteiger partial charge < -0.3 is 9.47 Å². The fourth-order valence-corrected chi connectivity index (χ4v) is 4.61. The monoisotopic (exact) mass is 512 g/mol. The van der Waals surface area contributed by atoms with Crippen LogP contribution in [-0.4, -0.2) is 36.2 Å². The standard InChI is InChI=1S/C26H40O2S4/c29-17-5-1-3-15-27-25-21(9-7-19-31)11-14-24-23(25)13-12-22(10-8-20-32)26(24)28-16-4-2-6-18-30/h11-14,29-32H,1-10,15-20H2. The highest BCUT2D eigenvalue weighted by atomic mass is 32.1. The van der Waals surface area contributed by atoms with E-state index in [1.807, 2.05) is 0 Å². The van der Waals surface area contributed by atoms with Crippen molar-refractivity contribution in [2.24, 2.45) is 0 Å². The van der Waals surface area contributed by atoms with Crippen molar-refractivity contribution in [1.82, 2.24) is 0 Å². The van der Waals surface area contributed by atoms with Gasteiger partial charge in [-0.2, -0.15) is 50.5 Å². The molecule has 0 bridgehead atoms. The second kappa shape index (κ2) is 17.2. The lowest BCUT2D eigenvalue weighted by Crippen LogP contribution is -2.05. The Bertz CT molecular complexity index is 717. The SMILES string of the molecule is SCCCCCOc1c(CCCS)ccc2c(OCCCCCS)c(CCCS)ccc12. The number of hydrogen-bond donors (Lipinski definition) is 4. The fraction of sp³-hybridized carbons (Fsp3) is 0.615. The molecule has 0 heterocycles. The highest BCUT2D eigenvalue weighted by Gasteiger charge is 2.15. The van der Waals surface area contributed by atoms with Crippen molar-refractivity contribution in [3.05, 3.63) is 35.4 Å². The molecular weight excluding hydrogens is 473 g/mol. The summed E-state index contributed by atoms with van der Waals surface area (Å²) < 4.78 is 12.8. The van der Waals surface area contributed by atoms with Crippen molar-refractivity contribution in [2.75, 3.05) is 36.2 Å². The molecular formula is C26H40O2S4. The van der Waals surface area contributed by atoms with Crippen molar-refractivity contribution in [1.29, 1.82) is 0 Å². The summed E-state index contributed by atoms with van der Waals surface area (Å²) in [7, 11) is 0. The van der Waals surface area contributed by atoms with E-state index in [-0.39, 0.29) is 0 Å². The largest absolute Gasteiger partial charge is 0.493 e. The lowest BCUT2D eigenvalue weighted by Gasteiger charge is -2.19. The van der Waals surface area contributed by atoms with Crippen LogP contribution in [0.4, 0.5) is 0 Å². The van der Waals surface area contributed by atoms with Crippen LogP contribution < -0.4 is 9.47 Å². The molecule has 2 nitrogen and oxygen atoms in total. The van der Waals surface area contributed by atoms with Crippen LogP contribution in [0.2, 0.25) is 0 Å². The molecule has 0 saturated heterocycles. The van der Waals surface area contributed by atoms with E-state index in [0.717, 1.165) is 123 Å². The second-order valence-electron chi connectivity index (χ2n) is 8.12. The molecule has 0 amide bonds. The number of benzene rings is 2. The first kappa shape index (κ1) is 27.9. The number of unbranched alkanes of at least 4 members (excludes halogenated alkanes) is 4. The first-order valence-corrected chi connectivity index (χ1v) is 14.6. The Kier molecular flexibility index (Phi) is 15.0. The summed E-state index contributed by atoms with van der Waals surface area (Å²) in [6, 6.07) is 8.91. The fourth-order valence-electron chi connectivity index (χ4n) is 3.84. The summed E-state index contributed by atoms with van der Waals surface area (Å²) >= 11 is 17.5. The molecule has 0 aromatic heterocycles. The summed E-state index contributed by atoms with van der Waals surface area (Å²) in [5, 5.41) is 2.33. The lowest BCUT2D eigenvalue weighted by molar-refractivity contribution is 0.303. The lowest BCUT2D eigenvalue weighted by atomic mass is 9.97. The minimum absolute atomic E-state index is 0.738. The first-order valence-electron chi connectivity index (χ1n) is 12.0. The number of ether oxygens (including phenoxy) is 2. The van der Waals surface area contributed by atoms with Gasteiger partial charge in [-0.05, 0) is 98.3 Å². The van der Waals surface area contributed by atoms with E-state index in [9.17, 15) is 0 Å². The van der Waals surface area contributed by atoms with Crippen LogP contribution in [0.3, 0.4) is 0 Å². The highest BCUT2D eigenvalue weighted by Crippen LogP contribution is 2.38. The average Bonchev–Trinajstić information content (AvgIpc) is 2.81. The van der Waals surface area contributed by atoms with Crippen molar-refractivity contribution in [2.45, 2.75) is 64.2 Å². The quantitative estimate of drug-likeness (QED) is 0.122. The Hall–Kier alpha value is -0.300. The van der Waals surface area contributed by atoms with Gasteiger partial charge >= 0.3 is 0 Å². The van der Waals surface area contributed by atoms with E-state index in [1.54, 1.807) is 0 Å². The first-order chi connectivity index (χ1) is 15.8. The van der Waals surface area contributed by atoms with E-state index in [1.165, 1.54) is 11.1 Å². The van der Waals surface area contributed by atoms with E-state index in [2.05, 4.69) is 74.8 Å². The summed E-state index contributed by atoms with van der Waals surface area (Å²) in [4.78, 5) is 0. The third-order valence-corrected chi connectivity index (χ3v) is 6.84. The van der Waals surface area contributed by atoms with Crippen molar-refractivity contribution < 1.29 is 9.47 Å². The molecule has 2 aromatic carbocycles. The Morgan fingerprint density at radius 1 is 0.469 bits per heavy atom. The summed E-state index contributed by atoms with van der Waals surface area (Å²) in [6.07, 6.45) is 10.7. The van der Waals surface area contributed by atoms with Gasteiger partial charge in [0.1, 0.15) is 11.5 Å². The number of rotatable bonds is 18. The van der Waals surface area contributed by atoms with E-state index >= 15 is 0 Å². The molecule has 6 heteroatoms. The molecule has 2 aromatic rings. The maximum absolute atomic E-state index is 6.40. The molecule has 0 N–H and O–H groups in total. The van der Waals surface area contributed by atoms with Crippen LogP contribution >= 0.6 is 50.5 Å². The summed E-state index contributed by atoms with van der Waals surface area (Å²) in [5.74, 6) is 5.67. The van der Waals surface area contributed by atoms with Crippen molar-refractivity contribution in [3.8, 4) is 11.5 Å². The van der Waals surface area contributed by atoms with E-state index < -0.39 is 0 Å². The van der Waals surface area contributed by atoms with Gasteiger partial charge in [0, 0.05) is 10.8 Å². The van der Waals surface area contributed by atoms with Crippen molar-refractivity contribution in [3.63, 3.8) is 0 Å². The molecule has 0 radical (unpaired) electrons. The summed E-state index contributed by atoms with van der Waals surface area (Å²) in [6.45, 7) is 1.48. The van der Waals surface area contributed by atoms with Crippen LogP contribution in [0.1, 0.15) is 62.5 Å². The number of aryl methyl sites for hydroxylation is 2. The maximum atomic E-state index is 6.40. The topological polar surface area (TPSA) is 18.5 Å². The molecule has 0 unspecified atom stereocenters. The molecule has 0 aliphatic heterocycles. The molecule has 32 heavy (non-hydrogen) atoms. The van der Waals surface area contributed by atoms with Gasteiger partial charge in [-0.3, -0.25) is 0 Å². The third kappa shape index (κ3) is 9.15. The molecule has 0 atom stereocenters. The predicted octanol–water partition coefficient (Wildman–Crippen LogP) is 7.52. The normalized spacial score (nSPS) is 11.2. The third-order valence-electron chi connectivity index (χ3n) is 5.57. The Morgan fingerprint density at radius 2 is 0.875 bits per heavy atom. The number of fused-ring (bicyclic) bond motifs is 1. The van der Waals surface area contributed by atoms with Crippen LogP contribution in [-0.2, 0) is 12.8 Å². The maximum Gasteiger partial charge on any atom is 0.130 e. The van der Waals surface area contributed by atoms with Gasteiger partial charge in [0.25, 0.3) is 0 Å². The van der Waals surface area contributed by atoms with Gasteiger partial charge in [-0.15, -0.1) is 0 Å². The Labute approximate surface area is 217 Å². The number of hydrogen-bond acceptors (Lipinski definition) is 6. The second-order valence-corrected chi connectivity index (χ2v) is 9.91. The zero-order valence-electron chi connectivity index (χ0n) is 19.2. The predicted molar refractivity (Wildman–Crippen MR) is 155 cm³/mol. The molecule has 2 rings (SSSR count).